The number of rotatable bonds is 39. The van der Waals surface area contributed by atoms with E-state index < -0.39 is 34.4 Å². The summed E-state index contributed by atoms with van der Waals surface area (Å²) in [5, 5.41) is 10.6. The number of carbonyl (C=O) groups is 2. The Hall–Kier alpha value is -0.830. The molecule has 0 aromatic carbocycles. The van der Waals surface area contributed by atoms with Crippen LogP contribution in [0.25, 0.3) is 0 Å². The second kappa shape index (κ2) is 32.8. The molecule has 0 heterocycles. The predicted molar refractivity (Wildman–Crippen MR) is 210 cm³/mol. The fourth-order valence-electron chi connectivity index (χ4n) is 7.35. The third-order valence-electron chi connectivity index (χ3n) is 10.9. The van der Waals surface area contributed by atoms with Crippen LogP contribution in [0, 0.1) is 11.3 Å². The zero-order valence-electron chi connectivity index (χ0n) is 33.3. The average Bonchev–Trinajstić information content (AvgIpc) is 3.07. The average molecular weight is 731 g/mol. The maximum absolute atomic E-state index is 13.7. The molecule has 0 fully saturated rings. The van der Waals surface area contributed by atoms with Crippen LogP contribution in [0.3, 0.4) is 0 Å². The number of aliphatic hydroxyl groups excluding tert-OH is 1. The summed E-state index contributed by atoms with van der Waals surface area (Å²) in [7, 11) is -4.79. The number of carbonyl (C=O) groups excluding carboxylic acids is 2. The predicted octanol–water partition coefficient (Wildman–Crippen LogP) is 12.5. The molecule has 2 unspecified atom stereocenters. The first-order valence-corrected chi connectivity index (χ1v) is 22.7. The largest absolute Gasteiger partial charge is 0.397 e. The van der Waals surface area contributed by atoms with Crippen molar-refractivity contribution in [2.45, 2.75) is 239 Å². The van der Waals surface area contributed by atoms with Gasteiger partial charge in [-0.3, -0.25) is 14.1 Å². The van der Waals surface area contributed by atoms with E-state index in [2.05, 4.69) is 18.0 Å². The number of aliphatic hydroxyl groups is 1. The zero-order valence-corrected chi connectivity index (χ0v) is 34.1. The molecule has 7 nitrogen and oxygen atoms in total. The second-order valence-corrected chi connectivity index (χ2v) is 16.6. The van der Waals surface area contributed by atoms with Gasteiger partial charge >= 0.3 is 10.4 Å². The van der Waals surface area contributed by atoms with Gasteiger partial charge in [0.2, 0.25) is 0 Å². The molecule has 0 aliphatic heterocycles. The number of Topliss-reactive ketones (excluding diaryl/α,β-unsaturated/α-hetero) is 2. The van der Waals surface area contributed by atoms with Gasteiger partial charge in [-0.25, -0.2) is 4.18 Å². The smallest absolute Gasteiger partial charge is 0.393 e. The molecule has 2 N–H and O–H groups in total. The molecular formula is C42H82O7S. The van der Waals surface area contributed by atoms with Crippen molar-refractivity contribution < 1.29 is 31.8 Å². The standard InChI is InChI=1S/C42H82O7S/c1-5-7-9-11-13-15-17-19-21-23-25-27-29-31-33-35-40(44)42(4,39(38(3)43)37-49-50(46,47)48)41(45)36-34-32-30-28-26-24-22-20-18-16-14-12-10-8-6-2/h38-39,43H,5-37H2,1-4H3,(H,46,47,48). The Kier molecular flexibility index (Phi) is 32.2. The first-order chi connectivity index (χ1) is 24.0. The molecule has 0 rings (SSSR count). The lowest BCUT2D eigenvalue weighted by Crippen LogP contribution is -2.49. The minimum Gasteiger partial charge on any atom is -0.393 e. The molecule has 50 heavy (non-hydrogen) atoms. The van der Waals surface area contributed by atoms with Gasteiger partial charge in [0.15, 0.2) is 0 Å². The monoisotopic (exact) mass is 731 g/mol. The van der Waals surface area contributed by atoms with Gasteiger partial charge < -0.3 is 5.11 Å². The summed E-state index contributed by atoms with van der Waals surface area (Å²) in [6.45, 7) is 6.87. The van der Waals surface area contributed by atoms with E-state index in [-0.39, 0.29) is 24.4 Å². The topological polar surface area (TPSA) is 118 Å². The molecule has 0 spiro atoms. The summed E-state index contributed by atoms with van der Waals surface area (Å²) < 4.78 is 36.5. The summed E-state index contributed by atoms with van der Waals surface area (Å²) in [5.41, 5.74) is -1.58. The molecule has 0 saturated carbocycles. The van der Waals surface area contributed by atoms with Crippen LogP contribution in [0.4, 0.5) is 0 Å². The van der Waals surface area contributed by atoms with Crippen LogP contribution in [0.15, 0.2) is 0 Å². The first-order valence-electron chi connectivity index (χ1n) is 21.4. The Morgan fingerprint density at radius 1 is 0.520 bits per heavy atom. The van der Waals surface area contributed by atoms with Crippen LogP contribution < -0.4 is 0 Å². The highest BCUT2D eigenvalue weighted by atomic mass is 32.3. The van der Waals surface area contributed by atoms with Crippen molar-refractivity contribution in [3.8, 4) is 0 Å². The van der Waals surface area contributed by atoms with Crippen molar-refractivity contribution in [3.05, 3.63) is 0 Å². The normalized spacial score (nSPS) is 13.5. The molecule has 0 aliphatic carbocycles. The molecule has 0 aromatic heterocycles. The Morgan fingerprint density at radius 2 is 0.760 bits per heavy atom. The summed E-state index contributed by atoms with van der Waals surface area (Å²) >= 11 is 0. The summed E-state index contributed by atoms with van der Waals surface area (Å²) in [6.07, 6.45) is 35.8. The van der Waals surface area contributed by atoms with E-state index in [1.165, 1.54) is 148 Å². The second-order valence-electron chi connectivity index (χ2n) is 15.5. The van der Waals surface area contributed by atoms with Crippen LogP contribution in [0.5, 0.6) is 0 Å². The molecule has 8 heteroatoms. The van der Waals surface area contributed by atoms with Crippen LogP contribution >= 0.6 is 0 Å². The van der Waals surface area contributed by atoms with Crippen molar-refractivity contribution in [2.75, 3.05) is 6.61 Å². The van der Waals surface area contributed by atoms with Gasteiger partial charge in [-0.2, -0.15) is 8.42 Å². The summed E-state index contributed by atoms with van der Waals surface area (Å²) in [5.74, 6) is -1.62. The van der Waals surface area contributed by atoms with Crippen molar-refractivity contribution in [1.82, 2.24) is 0 Å². The molecule has 0 bridgehead atoms. The highest BCUT2D eigenvalue weighted by Crippen LogP contribution is 2.37. The van der Waals surface area contributed by atoms with Gasteiger partial charge in [-0.15, -0.1) is 0 Å². The van der Waals surface area contributed by atoms with E-state index in [4.69, 9.17) is 0 Å². The van der Waals surface area contributed by atoms with Crippen LogP contribution in [-0.4, -0.2) is 42.4 Å². The molecule has 0 radical (unpaired) electrons. The number of hydrogen-bond donors (Lipinski definition) is 2. The molecular weight excluding hydrogens is 649 g/mol. The van der Waals surface area contributed by atoms with Crippen LogP contribution in [0.2, 0.25) is 0 Å². The van der Waals surface area contributed by atoms with Crippen LogP contribution in [0.1, 0.15) is 233 Å². The number of hydrogen-bond acceptors (Lipinski definition) is 6. The van der Waals surface area contributed by atoms with Gasteiger partial charge in [0, 0.05) is 18.8 Å². The molecule has 0 saturated heterocycles. The highest BCUT2D eigenvalue weighted by Gasteiger charge is 2.48. The highest BCUT2D eigenvalue weighted by molar-refractivity contribution is 7.80. The van der Waals surface area contributed by atoms with E-state index in [0.29, 0.717) is 12.8 Å². The third kappa shape index (κ3) is 26.9. The summed E-state index contributed by atoms with van der Waals surface area (Å²) in [4.78, 5) is 27.3. The number of ketones is 2. The number of unbranched alkanes of at least 4 members (excludes halogenated alkanes) is 28. The molecule has 2 atom stereocenters. The third-order valence-corrected chi connectivity index (χ3v) is 11.3. The van der Waals surface area contributed by atoms with Crippen molar-refractivity contribution in [1.29, 1.82) is 0 Å². The Morgan fingerprint density at radius 3 is 0.980 bits per heavy atom. The van der Waals surface area contributed by atoms with Crippen LogP contribution in [-0.2, 0) is 24.2 Å². The van der Waals surface area contributed by atoms with Crippen molar-refractivity contribution in [2.24, 2.45) is 11.3 Å². The maximum Gasteiger partial charge on any atom is 0.397 e. The lowest BCUT2D eigenvalue weighted by Gasteiger charge is -2.36. The lowest BCUT2D eigenvalue weighted by atomic mass is 9.66. The fraction of sp³-hybridized carbons (Fsp3) is 0.952. The van der Waals surface area contributed by atoms with Gasteiger partial charge in [0.1, 0.15) is 11.6 Å². The van der Waals surface area contributed by atoms with Gasteiger partial charge in [0.25, 0.3) is 0 Å². The minimum absolute atomic E-state index is 0.203. The molecule has 298 valence electrons. The van der Waals surface area contributed by atoms with Gasteiger partial charge in [0.05, 0.1) is 18.1 Å². The zero-order chi connectivity index (χ0) is 37.4. The van der Waals surface area contributed by atoms with E-state index >= 15 is 0 Å². The Bertz CT molecular complexity index is 856. The van der Waals surface area contributed by atoms with E-state index in [9.17, 15) is 27.7 Å². The molecule has 0 aromatic rings. The Balaban J connectivity index is 4.55. The Labute approximate surface area is 310 Å². The van der Waals surface area contributed by atoms with Crippen molar-refractivity contribution >= 4 is 22.0 Å². The first kappa shape index (κ1) is 49.2. The van der Waals surface area contributed by atoms with Gasteiger partial charge in [-0.1, -0.05) is 194 Å². The van der Waals surface area contributed by atoms with Gasteiger partial charge in [-0.05, 0) is 26.7 Å². The quantitative estimate of drug-likeness (QED) is 0.0367. The lowest BCUT2D eigenvalue weighted by molar-refractivity contribution is -0.148. The van der Waals surface area contributed by atoms with E-state index in [1.54, 1.807) is 6.92 Å². The minimum atomic E-state index is -4.79. The maximum atomic E-state index is 13.7. The SMILES string of the molecule is CCCCCCCCCCCCCCCCCC(=O)C(C)(C(=O)CCCCCCCCCCCCCCCCC)C(COS(=O)(=O)O)C(C)O. The van der Waals surface area contributed by atoms with E-state index in [1.807, 2.05) is 0 Å². The molecule has 0 amide bonds. The van der Waals surface area contributed by atoms with Crippen molar-refractivity contribution in [3.63, 3.8) is 0 Å². The molecule has 0 aliphatic rings. The fourth-order valence-corrected chi connectivity index (χ4v) is 7.67. The summed E-state index contributed by atoms with van der Waals surface area (Å²) in [6, 6.07) is 0. The van der Waals surface area contributed by atoms with E-state index in [0.717, 1.165) is 38.5 Å².